The third-order valence-corrected chi connectivity index (χ3v) is 1.46. The van der Waals surface area contributed by atoms with Gasteiger partial charge in [-0.1, -0.05) is 6.92 Å². The summed E-state index contributed by atoms with van der Waals surface area (Å²) in [5.74, 6) is 0.556. The van der Waals surface area contributed by atoms with Crippen molar-refractivity contribution < 1.29 is 18.9 Å². The fourth-order valence-corrected chi connectivity index (χ4v) is 0.784. The summed E-state index contributed by atoms with van der Waals surface area (Å²) < 4.78 is 0. The molecule has 0 aliphatic rings. The van der Waals surface area contributed by atoms with Crippen LogP contribution in [-0.4, -0.2) is 0 Å². The first-order valence-electron chi connectivity index (χ1n) is 2.86. The van der Waals surface area contributed by atoms with Gasteiger partial charge in [-0.25, -0.2) is 0 Å². The molecule has 1 aromatic rings. The van der Waals surface area contributed by atoms with E-state index in [1.807, 2.05) is 25.1 Å². The maximum Gasteiger partial charge on any atom is 1.00 e. The van der Waals surface area contributed by atoms with Gasteiger partial charge in [-0.3, -0.25) is 0 Å². The van der Waals surface area contributed by atoms with E-state index in [4.69, 9.17) is 11.6 Å². The molecule has 0 fully saturated rings. The van der Waals surface area contributed by atoms with E-state index in [-0.39, 0.29) is 18.9 Å². The molecule has 0 N–H and O–H groups in total. The van der Waals surface area contributed by atoms with Crippen LogP contribution in [0.4, 0.5) is 0 Å². The van der Waals surface area contributed by atoms with Crippen LogP contribution in [0.5, 0.6) is 0 Å². The Morgan fingerprint density at radius 2 is 2.20 bits per heavy atom. The Kier molecular flexibility index (Phi) is 4.90. The summed E-state index contributed by atoms with van der Waals surface area (Å²) in [5, 5.41) is 0. The van der Waals surface area contributed by atoms with Crippen LogP contribution in [0, 0.1) is 13.0 Å². The average molecular weight is 147 g/mol. The maximum absolute atomic E-state index is 5.55. The van der Waals surface area contributed by atoms with Gasteiger partial charge in [0.25, 0.3) is 0 Å². The average Bonchev–Trinajstić information content (AvgIpc) is 1.90. The van der Waals surface area contributed by atoms with E-state index in [0.29, 0.717) is 5.88 Å². The molecule has 1 aromatic carbocycles. The van der Waals surface area contributed by atoms with Gasteiger partial charge < -0.3 is 0 Å². The molecule has 1 rings (SSSR count). The van der Waals surface area contributed by atoms with Gasteiger partial charge in [-0.2, -0.15) is 29.8 Å². The smallest absolute Gasteiger partial charge is 0.179 e. The first-order chi connectivity index (χ1) is 4.33. The van der Waals surface area contributed by atoms with Gasteiger partial charge in [0.2, 0.25) is 0 Å². The maximum atomic E-state index is 5.55. The summed E-state index contributed by atoms with van der Waals surface area (Å²) in [5.41, 5.74) is 2.28. The fourth-order valence-electron chi connectivity index (χ4n) is 0.618. The summed E-state index contributed by atoms with van der Waals surface area (Å²) in [6, 6.07) is 9.02. The number of benzene rings is 1. The minimum atomic E-state index is 0. The number of rotatable bonds is 1. The third-order valence-electron chi connectivity index (χ3n) is 1.18. The van der Waals surface area contributed by atoms with Crippen molar-refractivity contribution in [2.75, 3.05) is 0 Å². The van der Waals surface area contributed by atoms with Crippen molar-refractivity contribution >= 4 is 11.6 Å². The summed E-state index contributed by atoms with van der Waals surface area (Å²) in [4.78, 5) is 0. The SMILES string of the molecule is Cc1c[c-]c(CCl)cc1.[Li+]. The summed E-state index contributed by atoms with van der Waals surface area (Å²) in [7, 11) is 0. The van der Waals surface area contributed by atoms with Gasteiger partial charge in [0.1, 0.15) is 0 Å². The van der Waals surface area contributed by atoms with E-state index >= 15 is 0 Å². The van der Waals surface area contributed by atoms with Crippen molar-refractivity contribution in [2.45, 2.75) is 12.8 Å². The van der Waals surface area contributed by atoms with Crippen molar-refractivity contribution in [3.8, 4) is 0 Å². The van der Waals surface area contributed by atoms with Gasteiger partial charge in [-0.15, -0.1) is 17.2 Å². The van der Waals surface area contributed by atoms with Crippen LogP contribution in [0.15, 0.2) is 18.2 Å². The minimum Gasteiger partial charge on any atom is -0.179 e. The van der Waals surface area contributed by atoms with E-state index in [9.17, 15) is 0 Å². The Bertz CT molecular complexity index is 181. The van der Waals surface area contributed by atoms with Crippen molar-refractivity contribution in [2.24, 2.45) is 0 Å². The fraction of sp³-hybridized carbons (Fsp3) is 0.250. The Balaban J connectivity index is 0.000000810. The quantitative estimate of drug-likeness (QED) is 0.286. The number of halogens is 1. The molecule has 0 aromatic heterocycles. The molecule has 0 heterocycles. The predicted octanol–water partition coefficient (Wildman–Crippen LogP) is -0.462. The van der Waals surface area contributed by atoms with Crippen molar-refractivity contribution in [1.29, 1.82) is 0 Å². The molecular formula is C8H8ClLi. The van der Waals surface area contributed by atoms with Crippen molar-refractivity contribution in [1.82, 2.24) is 0 Å². The van der Waals surface area contributed by atoms with Gasteiger partial charge in [-0.05, 0) is 0 Å². The molecule has 0 nitrogen and oxygen atoms in total. The molecule has 0 spiro atoms. The van der Waals surface area contributed by atoms with E-state index in [1.54, 1.807) is 0 Å². The molecule has 0 aliphatic heterocycles. The van der Waals surface area contributed by atoms with Crippen LogP contribution in [0.25, 0.3) is 0 Å². The number of alkyl halides is 1. The van der Waals surface area contributed by atoms with Crippen LogP contribution in [0.3, 0.4) is 0 Å². The molecule has 10 heavy (non-hydrogen) atoms. The van der Waals surface area contributed by atoms with Crippen LogP contribution in [0.2, 0.25) is 0 Å². The van der Waals surface area contributed by atoms with Gasteiger partial charge in [0.05, 0.1) is 0 Å². The molecule has 0 saturated carbocycles. The van der Waals surface area contributed by atoms with Crippen LogP contribution in [-0.2, 0) is 5.88 Å². The van der Waals surface area contributed by atoms with Crippen molar-refractivity contribution in [3.05, 3.63) is 35.4 Å². The summed E-state index contributed by atoms with van der Waals surface area (Å²) in [6.07, 6.45) is 0. The third kappa shape index (κ3) is 2.79. The van der Waals surface area contributed by atoms with Gasteiger partial charge in [0.15, 0.2) is 0 Å². The molecule has 0 bridgehead atoms. The Morgan fingerprint density at radius 1 is 1.50 bits per heavy atom. The zero-order chi connectivity index (χ0) is 6.69. The Labute approximate surface area is 78.8 Å². The molecule has 0 aliphatic carbocycles. The van der Waals surface area contributed by atoms with Gasteiger partial charge >= 0.3 is 18.9 Å². The monoisotopic (exact) mass is 146 g/mol. The molecular weight excluding hydrogens is 138 g/mol. The molecule has 0 unspecified atom stereocenters. The second-order valence-electron chi connectivity index (χ2n) is 2.02. The molecule has 0 radical (unpaired) electrons. The van der Waals surface area contributed by atoms with Crippen LogP contribution >= 0.6 is 11.6 Å². The van der Waals surface area contributed by atoms with E-state index in [0.717, 1.165) is 5.56 Å². The summed E-state index contributed by atoms with van der Waals surface area (Å²) in [6.45, 7) is 2.04. The normalized spacial score (nSPS) is 8.60. The first kappa shape index (κ1) is 10.1. The van der Waals surface area contributed by atoms with E-state index < -0.39 is 0 Å². The second-order valence-corrected chi connectivity index (χ2v) is 2.29. The van der Waals surface area contributed by atoms with Crippen LogP contribution in [0.1, 0.15) is 11.1 Å². The molecule has 0 amide bonds. The van der Waals surface area contributed by atoms with E-state index in [1.165, 1.54) is 5.56 Å². The summed E-state index contributed by atoms with van der Waals surface area (Å²) >= 11 is 5.55. The van der Waals surface area contributed by atoms with Crippen molar-refractivity contribution in [3.63, 3.8) is 0 Å². The molecule has 2 heteroatoms. The topological polar surface area (TPSA) is 0 Å². The Morgan fingerprint density at radius 3 is 2.60 bits per heavy atom. The minimum absolute atomic E-state index is 0. The predicted molar refractivity (Wildman–Crippen MR) is 39.6 cm³/mol. The zero-order valence-corrected chi connectivity index (χ0v) is 7.07. The van der Waals surface area contributed by atoms with E-state index in [2.05, 4.69) is 6.07 Å². The standard InChI is InChI=1S/C8H8Cl.Li/c1-7-2-4-8(6-9)5-3-7;/h2-4H,6H2,1H3;/q-1;+1. The number of hydrogen-bond donors (Lipinski definition) is 0. The van der Waals surface area contributed by atoms with Gasteiger partial charge in [0, 0.05) is 5.88 Å². The first-order valence-corrected chi connectivity index (χ1v) is 3.39. The second kappa shape index (κ2) is 4.85. The zero-order valence-electron chi connectivity index (χ0n) is 6.32. The molecule has 48 valence electrons. The molecule has 0 atom stereocenters. The number of hydrogen-bond acceptors (Lipinski definition) is 0. The largest absolute Gasteiger partial charge is 1.00 e. The number of aryl methyl sites for hydroxylation is 1. The Hall–Kier alpha value is 0.107. The van der Waals surface area contributed by atoms with Crippen LogP contribution < -0.4 is 18.9 Å². The molecule has 0 saturated heterocycles.